The van der Waals surface area contributed by atoms with E-state index in [1.807, 2.05) is 0 Å². The Hall–Kier alpha value is -1.45. The van der Waals surface area contributed by atoms with Gasteiger partial charge in [0.15, 0.2) is 0 Å². The van der Waals surface area contributed by atoms with Crippen LogP contribution < -0.4 is 0 Å². The highest BCUT2D eigenvalue weighted by Gasteiger charge is 2.27. The van der Waals surface area contributed by atoms with Crippen LogP contribution in [0.3, 0.4) is 0 Å². The van der Waals surface area contributed by atoms with Gasteiger partial charge >= 0.3 is 0 Å². The molecule has 1 aromatic rings. The SMILES string of the molecule is CN(CC(=O)N1CCN(C=O)CC1)S(=O)(=O)c1cccs1. The standard InChI is InChI=1S/C12H17N3O4S2/c1-13(21(18,19)12-3-2-8-20-12)9-11(17)15-6-4-14(10-16)5-7-15/h2-3,8,10H,4-7,9H2,1H3. The van der Waals surface area contributed by atoms with E-state index in [0.29, 0.717) is 26.2 Å². The molecular weight excluding hydrogens is 314 g/mol. The molecule has 0 bridgehead atoms. The molecule has 0 spiro atoms. The van der Waals surface area contributed by atoms with Crippen molar-refractivity contribution in [2.45, 2.75) is 4.21 Å². The van der Waals surface area contributed by atoms with Crippen LogP contribution in [-0.4, -0.2) is 74.6 Å². The molecule has 0 unspecified atom stereocenters. The van der Waals surface area contributed by atoms with E-state index < -0.39 is 10.0 Å². The molecular formula is C12H17N3O4S2. The minimum atomic E-state index is -3.61. The third kappa shape index (κ3) is 3.60. The topological polar surface area (TPSA) is 78.0 Å². The molecule has 0 saturated carbocycles. The van der Waals surface area contributed by atoms with Crippen LogP contribution >= 0.6 is 11.3 Å². The van der Waals surface area contributed by atoms with Gasteiger partial charge < -0.3 is 9.80 Å². The van der Waals surface area contributed by atoms with Crippen LogP contribution in [-0.2, 0) is 19.6 Å². The number of sulfonamides is 1. The first-order chi connectivity index (χ1) is 9.95. The van der Waals surface area contributed by atoms with Crippen molar-refractivity contribution in [2.24, 2.45) is 0 Å². The Kier molecular flexibility index (Phi) is 4.96. The zero-order valence-electron chi connectivity index (χ0n) is 11.6. The van der Waals surface area contributed by atoms with Crippen molar-refractivity contribution >= 4 is 33.7 Å². The first-order valence-electron chi connectivity index (χ1n) is 6.42. The number of nitrogens with zero attached hydrogens (tertiary/aromatic N) is 3. The van der Waals surface area contributed by atoms with Crippen LogP contribution in [0.5, 0.6) is 0 Å². The summed E-state index contributed by atoms with van der Waals surface area (Å²) >= 11 is 1.12. The van der Waals surface area contributed by atoms with Gasteiger partial charge in [-0.25, -0.2) is 8.42 Å². The zero-order chi connectivity index (χ0) is 15.5. The fourth-order valence-corrected chi connectivity index (χ4v) is 4.34. The highest BCUT2D eigenvalue weighted by molar-refractivity contribution is 7.91. The average Bonchev–Trinajstić information content (AvgIpc) is 3.02. The van der Waals surface area contributed by atoms with Crippen LogP contribution in [0.25, 0.3) is 0 Å². The van der Waals surface area contributed by atoms with Crippen LogP contribution in [0.4, 0.5) is 0 Å². The predicted octanol–water partition coefficient (Wildman–Crippen LogP) is -0.331. The summed E-state index contributed by atoms with van der Waals surface area (Å²) in [7, 11) is -2.21. The van der Waals surface area contributed by atoms with E-state index in [0.717, 1.165) is 22.1 Å². The van der Waals surface area contributed by atoms with E-state index in [-0.39, 0.29) is 16.7 Å². The van der Waals surface area contributed by atoms with Crippen LogP contribution in [0.2, 0.25) is 0 Å². The molecule has 0 aromatic carbocycles. The first-order valence-corrected chi connectivity index (χ1v) is 8.74. The lowest BCUT2D eigenvalue weighted by molar-refractivity contribution is -0.135. The maximum Gasteiger partial charge on any atom is 0.252 e. The Morgan fingerprint density at radius 1 is 1.38 bits per heavy atom. The van der Waals surface area contributed by atoms with Gasteiger partial charge in [0.1, 0.15) is 4.21 Å². The van der Waals surface area contributed by atoms with Crippen LogP contribution in [0.15, 0.2) is 21.7 Å². The highest BCUT2D eigenvalue weighted by Crippen LogP contribution is 2.19. The van der Waals surface area contributed by atoms with E-state index in [2.05, 4.69) is 0 Å². The number of likely N-dealkylation sites (N-methyl/N-ethyl adjacent to an activating group) is 1. The summed E-state index contributed by atoms with van der Waals surface area (Å²) in [5.41, 5.74) is 0. The van der Waals surface area contributed by atoms with Gasteiger partial charge in [-0.1, -0.05) is 6.07 Å². The molecule has 0 atom stereocenters. The Morgan fingerprint density at radius 3 is 2.57 bits per heavy atom. The van der Waals surface area contributed by atoms with E-state index in [4.69, 9.17) is 0 Å². The molecule has 9 heteroatoms. The molecule has 0 radical (unpaired) electrons. The van der Waals surface area contributed by atoms with Gasteiger partial charge in [0, 0.05) is 33.2 Å². The molecule has 0 N–H and O–H groups in total. The number of thiophene rings is 1. The number of carbonyl (C=O) groups is 2. The number of amides is 2. The lowest BCUT2D eigenvalue weighted by atomic mass is 10.3. The normalized spacial score (nSPS) is 16.3. The maximum atomic E-state index is 12.2. The van der Waals surface area contributed by atoms with Gasteiger partial charge in [0.05, 0.1) is 6.54 Å². The van der Waals surface area contributed by atoms with Gasteiger partial charge in [-0.05, 0) is 11.4 Å². The van der Waals surface area contributed by atoms with E-state index in [1.165, 1.54) is 13.1 Å². The number of carbonyl (C=O) groups excluding carboxylic acids is 2. The second kappa shape index (κ2) is 6.54. The number of rotatable bonds is 5. The van der Waals surface area contributed by atoms with E-state index in [9.17, 15) is 18.0 Å². The molecule has 2 heterocycles. The number of hydrogen-bond donors (Lipinski definition) is 0. The number of piperazine rings is 1. The Bertz CT molecular complexity index is 592. The van der Waals surface area contributed by atoms with Crippen molar-refractivity contribution in [3.05, 3.63) is 17.5 Å². The van der Waals surface area contributed by atoms with Gasteiger partial charge in [0.25, 0.3) is 10.0 Å². The molecule has 1 aliphatic heterocycles. The van der Waals surface area contributed by atoms with Crippen molar-refractivity contribution in [2.75, 3.05) is 39.8 Å². The fourth-order valence-electron chi connectivity index (χ4n) is 2.02. The summed E-state index contributed by atoms with van der Waals surface area (Å²) in [6.07, 6.45) is 0.759. The summed E-state index contributed by atoms with van der Waals surface area (Å²) in [5.74, 6) is -0.247. The summed E-state index contributed by atoms with van der Waals surface area (Å²) in [5, 5.41) is 1.68. The lowest BCUT2D eigenvalue weighted by Crippen LogP contribution is -2.50. The predicted molar refractivity (Wildman–Crippen MR) is 78.4 cm³/mol. The van der Waals surface area contributed by atoms with Crippen molar-refractivity contribution in [1.29, 1.82) is 0 Å². The number of hydrogen-bond acceptors (Lipinski definition) is 5. The Balaban J connectivity index is 1.95. The molecule has 21 heavy (non-hydrogen) atoms. The summed E-state index contributed by atoms with van der Waals surface area (Å²) in [6.45, 7) is 1.64. The van der Waals surface area contributed by atoms with Gasteiger partial charge in [-0.3, -0.25) is 9.59 Å². The van der Waals surface area contributed by atoms with Crippen LogP contribution in [0, 0.1) is 0 Å². The molecule has 1 aliphatic rings. The highest BCUT2D eigenvalue weighted by atomic mass is 32.2. The molecule has 1 saturated heterocycles. The van der Waals surface area contributed by atoms with Crippen LogP contribution in [0.1, 0.15) is 0 Å². The minimum Gasteiger partial charge on any atom is -0.342 e. The Labute approximate surface area is 127 Å². The smallest absolute Gasteiger partial charge is 0.252 e. The maximum absolute atomic E-state index is 12.2. The molecule has 7 nitrogen and oxygen atoms in total. The summed E-state index contributed by atoms with van der Waals surface area (Å²) in [4.78, 5) is 25.9. The second-order valence-electron chi connectivity index (χ2n) is 4.72. The second-order valence-corrected chi connectivity index (χ2v) is 7.93. The van der Waals surface area contributed by atoms with Crippen molar-refractivity contribution in [3.8, 4) is 0 Å². The summed E-state index contributed by atoms with van der Waals surface area (Å²) < 4.78 is 25.7. The molecule has 2 rings (SSSR count). The molecule has 0 aliphatic carbocycles. The molecule has 116 valence electrons. The lowest BCUT2D eigenvalue weighted by Gasteiger charge is -2.33. The molecule has 1 aromatic heterocycles. The average molecular weight is 331 g/mol. The third-order valence-electron chi connectivity index (χ3n) is 3.33. The quantitative estimate of drug-likeness (QED) is 0.692. The molecule has 1 fully saturated rings. The van der Waals surface area contributed by atoms with Gasteiger partial charge in [-0.15, -0.1) is 11.3 Å². The van der Waals surface area contributed by atoms with Gasteiger partial charge in [0.2, 0.25) is 12.3 Å². The van der Waals surface area contributed by atoms with Crippen molar-refractivity contribution in [3.63, 3.8) is 0 Å². The van der Waals surface area contributed by atoms with Crippen molar-refractivity contribution in [1.82, 2.24) is 14.1 Å². The Morgan fingerprint density at radius 2 is 2.05 bits per heavy atom. The molecule has 2 amide bonds. The largest absolute Gasteiger partial charge is 0.342 e. The van der Waals surface area contributed by atoms with E-state index in [1.54, 1.807) is 21.2 Å². The zero-order valence-corrected chi connectivity index (χ0v) is 13.3. The minimum absolute atomic E-state index is 0.193. The van der Waals surface area contributed by atoms with Gasteiger partial charge in [-0.2, -0.15) is 4.31 Å². The fraction of sp³-hybridized carbons (Fsp3) is 0.500. The third-order valence-corrected chi connectivity index (χ3v) is 6.51. The summed E-state index contributed by atoms with van der Waals surface area (Å²) in [6, 6.07) is 3.18. The van der Waals surface area contributed by atoms with E-state index >= 15 is 0 Å². The first kappa shape index (κ1) is 15.9. The van der Waals surface area contributed by atoms with Crippen molar-refractivity contribution < 1.29 is 18.0 Å². The monoisotopic (exact) mass is 331 g/mol.